The largest absolute Gasteiger partial charge is 0.316 e. The summed E-state index contributed by atoms with van der Waals surface area (Å²) in [6.45, 7) is 1.68. The number of hydrogen-bond acceptors (Lipinski definition) is 1. The Balaban J connectivity index is 2.34. The lowest BCUT2D eigenvalue weighted by Gasteiger charge is -2.09. The molecule has 1 saturated heterocycles. The Morgan fingerprint density at radius 3 is 2.43 bits per heavy atom. The van der Waals surface area contributed by atoms with Crippen LogP contribution in [0.4, 0.5) is 8.78 Å². The normalized spacial score (nSPS) is 21.5. The second-order valence-corrected chi connectivity index (χ2v) is 3.87. The second-order valence-electron chi connectivity index (χ2n) is 3.49. The van der Waals surface area contributed by atoms with Gasteiger partial charge in [-0.1, -0.05) is 11.6 Å². The molecule has 1 aliphatic heterocycles. The highest BCUT2D eigenvalue weighted by Gasteiger charge is 2.19. The summed E-state index contributed by atoms with van der Waals surface area (Å²) in [5.41, 5.74) is 0.689. The monoisotopic (exact) mass is 217 g/mol. The standard InChI is InChI=1S/C10H10ClF2N/c11-10-8(12)3-7(4-9(10)13)6-1-2-14-5-6/h3-4,6,14H,1-2,5H2. The predicted molar refractivity (Wildman–Crippen MR) is 51.6 cm³/mol. The van der Waals surface area contributed by atoms with Crippen LogP contribution in [-0.2, 0) is 0 Å². The Morgan fingerprint density at radius 1 is 1.29 bits per heavy atom. The molecule has 1 nitrogen and oxygen atoms in total. The van der Waals surface area contributed by atoms with Crippen molar-refractivity contribution >= 4 is 11.6 Å². The maximum absolute atomic E-state index is 13.1. The first-order valence-electron chi connectivity index (χ1n) is 4.53. The summed E-state index contributed by atoms with van der Waals surface area (Å²) in [4.78, 5) is 0. The molecule has 0 amide bonds. The Labute approximate surface area is 86.1 Å². The molecular formula is C10H10ClF2N. The SMILES string of the molecule is Fc1cc(C2CCNC2)cc(F)c1Cl. The van der Waals surface area contributed by atoms with Crippen LogP contribution < -0.4 is 5.32 Å². The van der Waals surface area contributed by atoms with E-state index in [2.05, 4.69) is 5.32 Å². The lowest BCUT2D eigenvalue weighted by Crippen LogP contribution is -2.08. The Bertz CT molecular complexity index is 325. The fourth-order valence-electron chi connectivity index (χ4n) is 1.75. The van der Waals surface area contributed by atoms with E-state index in [-0.39, 0.29) is 5.92 Å². The molecule has 0 radical (unpaired) electrons. The zero-order valence-electron chi connectivity index (χ0n) is 7.49. The molecule has 1 heterocycles. The zero-order valence-corrected chi connectivity index (χ0v) is 8.24. The highest BCUT2D eigenvalue weighted by Crippen LogP contribution is 2.27. The van der Waals surface area contributed by atoms with Crippen LogP contribution in [0, 0.1) is 11.6 Å². The first-order chi connectivity index (χ1) is 6.68. The summed E-state index contributed by atoms with van der Waals surface area (Å²) in [6.07, 6.45) is 0.917. The Hall–Kier alpha value is -0.670. The molecule has 0 bridgehead atoms. The summed E-state index contributed by atoms with van der Waals surface area (Å²) in [5.74, 6) is -1.14. The van der Waals surface area contributed by atoms with E-state index in [1.807, 2.05) is 0 Å². The molecule has 1 atom stereocenters. The quantitative estimate of drug-likeness (QED) is 0.714. The minimum Gasteiger partial charge on any atom is -0.316 e. The van der Waals surface area contributed by atoms with E-state index in [1.54, 1.807) is 0 Å². The van der Waals surface area contributed by atoms with Crippen molar-refractivity contribution in [2.45, 2.75) is 12.3 Å². The van der Waals surface area contributed by atoms with Crippen molar-refractivity contribution < 1.29 is 8.78 Å². The molecule has 14 heavy (non-hydrogen) atoms. The van der Waals surface area contributed by atoms with Gasteiger partial charge in [-0.3, -0.25) is 0 Å². The van der Waals surface area contributed by atoms with Crippen LogP contribution in [-0.4, -0.2) is 13.1 Å². The van der Waals surface area contributed by atoms with Crippen LogP contribution in [0.1, 0.15) is 17.9 Å². The molecule has 76 valence electrons. The van der Waals surface area contributed by atoms with Gasteiger partial charge in [-0.05, 0) is 36.6 Å². The number of benzene rings is 1. The molecule has 0 saturated carbocycles. The molecule has 0 aliphatic carbocycles. The van der Waals surface area contributed by atoms with E-state index in [0.717, 1.165) is 19.5 Å². The molecule has 1 aliphatic rings. The molecule has 4 heteroatoms. The van der Waals surface area contributed by atoms with Gasteiger partial charge in [0.25, 0.3) is 0 Å². The van der Waals surface area contributed by atoms with Gasteiger partial charge in [0.2, 0.25) is 0 Å². The number of hydrogen-bond donors (Lipinski definition) is 1. The molecule has 2 rings (SSSR count). The van der Waals surface area contributed by atoms with Crippen molar-refractivity contribution in [2.24, 2.45) is 0 Å². The van der Waals surface area contributed by atoms with Gasteiger partial charge < -0.3 is 5.32 Å². The van der Waals surface area contributed by atoms with Crippen LogP contribution in [0.25, 0.3) is 0 Å². The summed E-state index contributed by atoms with van der Waals surface area (Å²) in [5, 5.41) is 2.73. The number of halogens is 3. The molecule has 1 aromatic carbocycles. The molecule has 0 spiro atoms. The summed E-state index contributed by atoms with van der Waals surface area (Å²) in [7, 11) is 0. The summed E-state index contributed by atoms with van der Waals surface area (Å²) < 4.78 is 26.2. The third-order valence-electron chi connectivity index (χ3n) is 2.54. The van der Waals surface area contributed by atoms with Gasteiger partial charge in [-0.15, -0.1) is 0 Å². The van der Waals surface area contributed by atoms with Crippen LogP contribution >= 0.6 is 11.6 Å². The van der Waals surface area contributed by atoms with E-state index in [0.29, 0.717) is 5.56 Å². The van der Waals surface area contributed by atoms with Gasteiger partial charge in [-0.2, -0.15) is 0 Å². The van der Waals surface area contributed by atoms with Gasteiger partial charge >= 0.3 is 0 Å². The van der Waals surface area contributed by atoms with Crippen LogP contribution in [0.5, 0.6) is 0 Å². The van der Waals surface area contributed by atoms with E-state index in [9.17, 15) is 8.78 Å². The van der Waals surface area contributed by atoms with Crippen molar-refractivity contribution in [1.29, 1.82) is 0 Å². The van der Waals surface area contributed by atoms with Crippen molar-refractivity contribution in [3.05, 3.63) is 34.4 Å². The van der Waals surface area contributed by atoms with Gasteiger partial charge in [0.1, 0.15) is 16.7 Å². The third kappa shape index (κ3) is 1.74. The smallest absolute Gasteiger partial charge is 0.145 e. The lowest BCUT2D eigenvalue weighted by atomic mass is 9.98. The molecule has 1 unspecified atom stereocenters. The highest BCUT2D eigenvalue weighted by atomic mass is 35.5. The van der Waals surface area contributed by atoms with E-state index in [1.165, 1.54) is 12.1 Å². The molecule has 1 fully saturated rings. The molecule has 1 N–H and O–H groups in total. The average molecular weight is 218 g/mol. The van der Waals surface area contributed by atoms with Crippen molar-refractivity contribution in [1.82, 2.24) is 5.32 Å². The number of rotatable bonds is 1. The van der Waals surface area contributed by atoms with Gasteiger partial charge in [-0.25, -0.2) is 8.78 Å². The highest BCUT2D eigenvalue weighted by molar-refractivity contribution is 6.30. The van der Waals surface area contributed by atoms with Crippen molar-refractivity contribution in [2.75, 3.05) is 13.1 Å². The fourth-order valence-corrected chi connectivity index (χ4v) is 1.86. The van der Waals surface area contributed by atoms with E-state index < -0.39 is 16.7 Å². The van der Waals surface area contributed by atoms with Crippen molar-refractivity contribution in [3.63, 3.8) is 0 Å². The van der Waals surface area contributed by atoms with Gasteiger partial charge in [0, 0.05) is 6.54 Å². The first kappa shape index (κ1) is 9.87. The predicted octanol–water partition coefficient (Wildman–Crippen LogP) is 2.70. The second kappa shape index (κ2) is 3.83. The van der Waals surface area contributed by atoms with E-state index >= 15 is 0 Å². The minimum atomic E-state index is -0.673. The third-order valence-corrected chi connectivity index (χ3v) is 2.90. The first-order valence-corrected chi connectivity index (χ1v) is 4.91. The van der Waals surface area contributed by atoms with Gasteiger partial charge in [0.15, 0.2) is 0 Å². The van der Waals surface area contributed by atoms with E-state index in [4.69, 9.17) is 11.6 Å². The maximum atomic E-state index is 13.1. The Morgan fingerprint density at radius 2 is 1.93 bits per heavy atom. The van der Waals surface area contributed by atoms with Crippen molar-refractivity contribution in [3.8, 4) is 0 Å². The van der Waals surface area contributed by atoms with Crippen LogP contribution in [0.2, 0.25) is 5.02 Å². The summed E-state index contributed by atoms with van der Waals surface area (Å²) >= 11 is 5.39. The van der Waals surface area contributed by atoms with Crippen LogP contribution in [0.3, 0.4) is 0 Å². The average Bonchev–Trinajstić information content (AvgIpc) is 2.66. The topological polar surface area (TPSA) is 12.0 Å². The minimum absolute atomic E-state index is 0.205. The maximum Gasteiger partial charge on any atom is 0.145 e. The zero-order chi connectivity index (χ0) is 10.1. The molecule has 1 aromatic rings. The number of nitrogens with one attached hydrogen (secondary N) is 1. The molecule has 0 aromatic heterocycles. The lowest BCUT2D eigenvalue weighted by molar-refractivity contribution is 0.575. The van der Waals surface area contributed by atoms with Crippen LogP contribution in [0.15, 0.2) is 12.1 Å². The Kier molecular flexibility index (Phi) is 2.70. The van der Waals surface area contributed by atoms with Gasteiger partial charge in [0.05, 0.1) is 0 Å². The fraction of sp³-hybridized carbons (Fsp3) is 0.400. The summed E-state index contributed by atoms with van der Waals surface area (Å²) in [6, 6.07) is 2.64. The molecular weight excluding hydrogens is 208 g/mol.